The van der Waals surface area contributed by atoms with Gasteiger partial charge in [-0.05, 0) is 29.8 Å². The average molecular weight is 311 g/mol. The van der Waals surface area contributed by atoms with Gasteiger partial charge in [0.15, 0.2) is 0 Å². The van der Waals surface area contributed by atoms with Crippen molar-refractivity contribution in [2.24, 2.45) is 0 Å². The second-order valence-electron chi connectivity index (χ2n) is 5.20. The lowest BCUT2D eigenvalue weighted by molar-refractivity contribution is -0.121. The number of nitrogens with one attached hydrogen (secondary N) is 3. The molecule has 3 N–H and O–H groups in total. The molecular weight excluding hydrogens is 294 g/mol. The molecule has 23 heavy (non-hydrogen) atoms. The molecule has 0 saturated carbocycles. The molecule has 0 bridgehead atoms. The van der Waals surface area contributed by atoms with Gasteiger partial charge in [0.25, 0.3) is 11.8 Å². The molecule has 2 amide bonds. The number of hydrogen-bond donors (Lipinski definition) is 3. The van der Waals surface area contributed by atoms with Gasteiger partial charge >= 0.3 is 0 Å². The number of hydrazine groups is 1. The Morgan fingerprint density at radius 2 is 1.78 bits per heavy atom. The Bertz CT molecular complexity index is 701. The lowest BCUT2D eigenvalue weighted by atomic mass is 10.00. The second-order valence-corrected chi connectivity index (χ2v) is 5.20. The van der Waals surface area contributed by atoms with Crippen LogP contribution in [-0.4, -0.2) is 25.0 Å². The monoisotopic (exact) mass is 311 g/mol. The molecule has 1 saturated heterocycles. The van der Waals surface area contributed by atoms with Crippen LogP contribution < -0.4 is 20.9 Å². The molecule has 0 aromatic heterocycles. The number of amides is 2. The highest BCUT2D eigenvalue weighted by atomic mass is 16.5. The highest BCUT2D eigenvalue weighted by Crippen LogP contribution is 2.23. The van der Waals surface area contributed by atoms with Crippen molar-refractivity contribution < 1.29 is 14.3 Å². The third kappa shape index (κ3) is 3.17. The van der Waals surface area contributed by atoms with Crippen LogP contribution in [0.25, 0.3) is 0 Å². The second kappa shape index (κ2) is 6.50. The maximum Gasteiger partial charge on any atom is 0.258 e. The molecule has 1 aliphatic heterocycles. The standard InChI is InChI=1S/C17H17N3O3/c1-23-13-9-7-11(8-10-13)14-15(17(22)20-19-14)18-16(21)12-5-3-2-4-6-12/h2-10,14-15,19H,1H3,(H,18,21)(H,20,22). The summed E-state index contributed by atoms with van der Waals surface area (Å²) in [5.74, 6) is 0.180. The zero-order valence-electron chi connectivity index (χ0n) is 12.6. The van der Waals surface area contributed by atoms with E-state index in [-0.39, 0.29) is 17.9 Å². The maximum absolute atomic E-state index is 12.3. The Morgan fingerprint density at radius 3 is 2.43 bits per heavy atom. The van der Waals surface area contributed by atoms with E-state index in [0.717, 1.165) is 11.3 Å². The van der Waals surface area contributed by atoms with E-state index in [2.05, 4.69) is 16.2 Å². The van der Waals surface area contributed by atoms with Crippen molar-refractivity contribution in [2.75, 3.05) is 7.11 Å². The van der Waals surface area contributed by atoms with Crippen LogP contribution in [0, 0.1) is 0 Å². The number of methoxy groups -OCH3 is 1. The summed E-state index contributed by atoms with van der Waals surface area (Å²) in [5.41, 5.74) is 6.87. The molecule has 0 spiro atoms. The number of benzene rings is 2. The van der Waals surface area contributed by atoms with Crippen LogP contribution in [0.2, 0.25) is 0 Å². The summed E-state index contributed by atoms with van der Waals surface area (Å²) < 4.78 is 5.13. The molecule has 0 aliphatic carbocycles. The number of carbonyl (C=O) groups excluding carboxylic acids is 2. The highest BCUT2D eigenvalue weighted by molar-refractivity contribution is 5.98. The molecule has 2 unspecified atom stereocenters. The summed E-state index contributed by atoms with van der Waals surface area (Å²) >= 11 is 0. The van der Waals surface area contributed by atoms with E-state index < -0.39 is 6.04 Å². The molecule has 0 radical (unpaired) electrons. The molecule has 1 aliphatic rings. The molecule has 6 heteroatoms. The molecule has 118 valence electrons. The Labute approximate surface area is 133 Å². The molecule has 2 aromatic carbocycles. The van der Waals surface area contributed by atoms with Gasteiger partial charge in [-0.3, -0.25) is 15.0 Å². The predicted molar refractivity (Wildman–Crippen MR) is 84.7 cm³/mol. The summed E-state index contributed by atoms with van der Waals surface area (Å²) in [7, 11) is 1.59. The van der Waals surface area contributed by atoms with Gasteiger partial charge in [-0.25, -0.2) is 5.43 Å². The van der Waals surface area contributed by atoms with Crippen molar-refractivity contribution >= 4 is 11.8 Å². The van der Waals surface area contributed by atoms with Crippen molar-refractivity contribution in [1.82, 2.24) is 16.2 Å². The van der Waals surface area contributed by atoms with Crippen LogP contribution in [-0.2, 0) is 4.79 Å². The highest BCUT2D eigenvalue weighted by Gasteiger charge is 2.36. The van der Waals surface area contributed by atoms with Gasteiger partial charge in [-0.1, -0.05) is 30.3 Å². The zero-order valence-corrected chi connectivity index (χ0v) is 12.6. The Kier molecular flexibility index (Phi) is 4.25. The fourth-order valence-electron chi connectivity index (χ4n) is 2.51. The van der Waals surface area contributed by atoms with E-state index in [4.69, 9.17) is 4.74 Å². The van der Waals surface area contributed by atoms with E-state index in [1.54, 1.807) is 31.4 Å². The van der Waals surface area contributed by atoms with Gasteiger partial charge in [0.2, 0.25) is 0 Å². The summed E-state index contributed by atoms with van der Waals surface area (Å²) in [6, 6.07) is 15.1. The average Bonchev–Trinajstić information content (AvgIpc) is 2.96. The van der Waals surface area contributed by atoms with E-state index in [0.29, 0.717) is 5.56 Å². The normalized spacial score (nSPS) is 20.0. The minimum Gasteiger partial charge on any atom is -0.497 e. The lowest BCUT2D eigenvalue weighted by Gasteiger charge is -2.18. The molecule has 2 aromatic rings. The first kappa shape index (κ1) is 15.1. The molecule has 2 atom stereocenters. The number of carbonyl (C=O) groups is 2. The Balaban J connectivity index is 1.78. The van der Waals surface area contributed by atoms with Crippen LogP contribution in [0.3, 0.4) is 0 Å². The van der Waals surface area contributed by atoms with Gasteiger partial charge in [0, 0.05) is 5.56 Å². The Hall–Kier alpha value is -2.86. The number of ether oxygens (including phenoxy) is 1. The lowest BCUT2D eigenvalue weighted by Crippen LogP contribution is -2.42. The topological polar surface area (TPSA) is 79.5 Å². The van der Waals surface area contributed by atoms with Gasteiger partial charge in [-0.2, -0.15) is 0 Å². The van der Waals surface area contributed by atoms with E-state index in [1.807, 2.05) is 30.3 Å². The van der Waals surface area contributed by atoms with Gasteiger partial charge in [0.1, 0.15) is 11.8 Å². The minimum atomic E-state index is -0.684. The number of hydrogen-bond acceptors (Lipinski definition) is 4. The van der Waals surface area contributed by atoms with Gasteiger partial charge in [0.05, 0.1) is 13.2 Å². The van der Waals surface area contributed by atoms with Gasteiger partial charge in [-0.15, -0.1) is 0 Å². The van der Waals surface area contributed by atoms with E-state index in [9.17, 15) is 9.59 Å². The summed E-state index contributed by atoms with van der Waals surface area (Å²) in [6.45, 7) is 0. The van der Waals surface area contributed by atoms with Crippen LogP contribution >= 0.6 is 0 Å². The van der Waals surface area contributed by atoms with E-state index in [1.165, 1.54) is 0 Å². The zero-order chi connectivity index (χ0) is 16.2. The summed E-state index contributed by atoms with van der Waals surface area (Å²) in [4.78, 5) is 24.3. The molecule has 6 nitrogen and oxygen atoms in total. The third-order valence-electron chi connectivity index (χ3n) is 3.76. The minimum absolute atomic E-state index is 0.268. The van der Waals surface area contributed by atoms with Gasteiger partial charge < -0.3 is 10.1 Å². The van der Waals surface area contributed by atoms with Crippen molar-refractivity contribution in [1.29, 1.82) is 0 Å². The maximum atomic E-state index is 12.3. The van der Waals surface area contributed by atoms with Crippen molar-refractivity contribution in [3.63, 3.8) is 0 Å². The fourth-order valence-corrected chi connectivity index (χ4v) is 2.51. The number of rotatable bonds is 4. The molecule has 1 heterocycles. The first-order valence-corrected chi connectivity index (χ1v) is 7.24. The first-order valence-electron chi connectivity index (χ1n) is 7.24. The molecule has 3 rings (SSSR count). The van der Waals surface area contributed by atoms with Crippen molar-refractivity contribution in [2.45, 2.75) is 12.1 Å². The largest absolute Gasteiger partial charge is 0.497 e. The molecule has 1 fully saturated rings. The van der Waals surface area contributed by atoms with Crippen LogP contribution in [0.5, 0.6) is 5.75 Å². The van der Waals surface area contributed by atoms with E-state index >= 15 is 0 Å². The first-order chi connectivity index (χ1) is 11.2. The van der Waals surface area contributed by atoms with Crippen molar-refractivity contribution in [3.8, 4) is 5.75 Å². The quantitative estimate of drug-likeness (QED) is 0.792. The Morgan fingerprint density at radius 1 is 1.09 bits per heavy atom. The van der Waals surface area contributed by atoms with Crippen molar-refractivity contribution in [3.05, 3.63) is 65.7 Å². The van der Waals surface area contributed by atoms with Crippen LogP contribution in [0.15, 0.2) is 54.6 Å². The summed E-state index contributed by atoms with van der Waals surface area (Å²) in [6.07, 6.45) is 0. The summed E-state index contributed by atoms with van der Waals surface area (Å²) in [5, 5.41) is 2.78. The predicted octanol–water partition coefficient (Wildman–Crippen LogP) is 1.17. The molecular formula is C17H17N3O3. The third-order valence-corrected chi connectivity index (χ3v) is 3.76. The SMILES string of the molecule is COc1ccc(C2NNC(=O)C2NC(=O)c2ccccc2)cc1. The van der Waals surface area contributed by atoms with Crippen LogP contribution in [0.4, 0.5) is 0 Å². The smallest absolute Gasteiger partial charge is 0.258 e. The van der Waals surface area contributed by atoms with Crippen LogP contribution in [0.1, 0.15) is 22.0 Å². The fraction of sp³-hybridized carbons (Fsp3) is 0.176.